The Hall–Kier alpha value is -5.84. The van der Waals surface area contributed by atoms with Crippen LogP contribution < -0.4 is 0 Å². The van der Waals surface area contributed by atoms with Crippen molar-refractivity contribution in [2.75, 3.05) is 0 Å². The van der Waals surface area contributed by atoms with E-state index in [0.29, 0.717) is 11.6 Å². The molecule has 0 bridgehead atoms. The first-order chi connectivity index (χ1) is 22.6. The minimum absolute atomic E-state index is 0.142. The molecule has 0 saturated heterocycles. The van der Waals surface area contributed by atoms with Gasteiger partial charge in [-0.15, -0.1) is 0 Å². The predicted octanol–water partition coefficient (Wildman–Crippen LogP) is 11.4. The van der Waals surface area contributed by atoms with Crippen LogP contribution >= 0.6 is 11.6 Å². The summed E-state index contributed by atoms with van der Waals surface area (Å²) in [5, 5.41) is 7.14. The van der Waals surface area contributed by atoms with Gasteiger partial charge in [0.2, 0.25) is 5.28 Å². The highest BCUT2D eigenvalue weighted by atomic mass is 35.5. The van der Waals surface area contributed by atoms with Crippen LogP contribution in [-0.2, 0) is 0 Å². The van der Waals surface area contributed by atoms with Crippen molar-refractivity contribution in [1.29, 1.82) is 0 Å². The number of hydrogen-bond donors (Lipinski definition) is 0. The number of hydrogen-bond acceptors (Lipinski definition) is 4. The van der Waals surface area contributed by atoms with Gasteiger partial charge in [-0.25, -0.2) is 4.98 Å². The third-order valence-corrected chi connectivity index (χ3v) is 8.79. The Morgan fingerprint density at radius 2 is 0.891 bits per heavy atom. The van der Waals surface area contributed by atoms with Gasteiger partial charge in [-0.05, 0) is 97.9 Å². The second kappa shape index (κ2) is 10.7. The van der Waals surface area contributed by atoms with E-state index < -0.39 is 0 Å². The smallest absolute Gasteiger partial charge is 0.226 e. The first-order valence-electron chi connectivity index (χ1n) is 15.1. The number of para-hydroxylation sites is 1. The molecule has 0 saturated carbocycles. The summed E-state index contributed by atoms with van der Waals surface area (Å²) in [6.07, 6.45) is 0. The lowest BCUT2D eigenvalue weighted by molar-refractivity contribution is 0.669. The average molecular weight is 610 g/mol. The number of nitrogens with zero attached hydrogens (tertiary/aromatic N) is 3. The van der Waals surface area contributed by atoms with E-state index >= 15 is 0 Å². The molecule has 0 aliphatic heterocycles. The molecule has 2 heterocycles. The first kappa shape index (κ1) is 26.6. The van der Waals surface area contributed by atoms with Gasteiger partial charge in [-0.3, -0.25) is 0 Å². The zero-order valence-electron chi connectivity index (χ0n) is 24.5. The highest BCUT2D eigenvalue weighted by Crippen LogP contribution is 2.34. The van der Waals surface area contributed by atoms with Gasteiger partial charge in [0.15, 0.2) is 11.6 Å². The molecule has 0 fully saturated rings. The van der Waals surface area contributed by atoms with E-state index in [-0.39, 0.29) is 5.28 Å². The van der Waals surface area contributed by atoms with E-state index in [4.69, 9.17) is 21.0 Å². The van der Waals surface area contributed by atoms with Crippen molar-refractivity contribution in [3.8, 4) is 45.0 Å². The van der Waals surface area contributed by atoms with Crippen LogP contribution in [0.4, 0.5) is 0 Å². The molecule has 9 rings (SSSR count). The molecule has 7 aromatic carbocycles. The summed E-state index contributed by atoms with van der Waals surface area (Å²) >= 11 is 6.45. The Morgan fingerprint density at radius 1 is 0.370 bits per heavy atom. The number of benzene rings is 7. The normalized spacial score (nSPS) is 11.6. The molecule has 0 radical (unpaired) electrons. The van der Waals surface area contributed by atoms with Crippen LogP contribution in [0.15, 0.2) is 150 Å². The second-order valence-corrected chi connectivity index (χ2v) is 11.8. The van der Waals surface area contributed by atoms with Gasteiger partial charge in [-0.2, -0.15) is 9.97 Å². The molecule has 4 nitrogen and oxygen atoms in total. The monoisotopic (exact) mass is 609 g/mol. The Bertz CT molecular complexity index is 2620. The quantitative estimate of drug-likeness (QED) is 0.199. The molecule has 2 aromatic heterocycles. The van der Waals surface area contributed by atoms with Crippen LogP contribution in [-0.4, -0.2) is 15.0 Å². The van der Waals surface area contributed by atoms with Gasteiger partial charge in [-0.1, -0.05) is 103 Å². The second-order valence-electron chi connectivity index (χ2n) is 11.5. The summed E-state index contributed by atoms with van der Waals surface area (Å²) < 4.78 is 6.10. The van der Waals surface area contributed by atoms with Gasteiger partial charge in [0, 0.05) is 21.9 Å². The van der Waals surface area contributed by atoms with Gasteiger partial charge < -0.3 is 4.42 Å². The molecule has 0 spiro atoms. The fourth-order valence-electron chi connectivity index (χ4n) is 6.28. The highest BCUT2D eigenvalue weighted by molar-refractivity contribution is 6.28. The van der Waals surface area contributed by atoms with Crippen LogP contribution in [0.3, 0.4) is 0 Å². The van der Waals surface area contributed by atoms with Crippen LogP contribution in [0.5, 0.6) is 0 Å². The van der Waals surface area contributed by atoms with E-state index in [2.05, 4.69) is 107 Å². The van der Waals surface area contributed by atoms with Crippen LogP contribution in [0.2, 0.25) is 5.28 Å². The van der Waals surface area contributed by atoms with Crippen molar-refractivity contribution < 1.29 is 4.42 Å². The van der Waals surface area contributed by atoms with E-state index in [1.807, 2.05) is 48.5 Å². The largest absolute Gasteiger partial charge is 0.456 e. The standard InChI is InChI=1S/C41H24ClN3O/c42-41-44-39(43-40(45-41)34-18-19-36-35-10-3-4-11-37(35)46-38(36)24-34)33-9-5-8-27(23-33)28-14-15-32-22-31(17-16-30(32)21-28)29-13-12-25-6-1-2-7-26(25)20-29/h1-24H. The number of rotatable bonds is 4. The summed E-state index contributed by atoms with van der Waals surface area (Å²) in [4.78, 5) is 13.8. The minimum atomic E-state index is 0.142. The van der Waals surface area contributed by atoms with Crippen molar-refractivity contribution in [3.63, 3.8) is 0 Å². The molecule has 46 heavy (non-hydrogen) atoms. The topological polar surface area (TPSA) is 51.8 Å². The van der Waals surface area contributed by atoms with E-state index in [0.717, 1.165) is 44.2 Å². The Kier molecular flexibility index (Phi) is 6.15. The fourth-order valence-corrected chi connectivity index (χ4v) is 6.44. The van der Waals surface area contributed by atoms with Gasteiger partial charge in [0.1, 0.15) is 11.2 Å². The molecule has 0 N–H and O–H groups in total. The predicted molar refractivity (Wildman–Crippen MR) is 189 cm³/mol. The minimum Gasteiger partial charge on any atom is -0.456 e. The fraction of sp³-hybridized carbons (Fsp3) is 0. The van der Waals surface area contributed by atoms with Gasteiger partial charge in [0.05, 0.1) is 0 Å². The molecule has 0 atom stereocenters. The molecule has 0 unspecified atom stereocenters. The summed E-state index contributed by atoms with van der Waals surface area (Å²) in [7, 11) is 0. The van der Waals surface area contributed by atoms with Crippen LogP contribution in [0.1, 0.15) is 0 Å². The number of furan rings is 1. The third kappa shape index (κ3) is 4.68. The van der Waals surface area contributed by atoms with Crippen molar-refractivity contribution >= 4 is 55.1 Å². The summed E-state index contributed by atoms with van der Waals surface area (Å²) in [6.45, 7) is 0. The van der Waals surface area contributed by atoms with E-state index in [1.54, 1.807) is 0 Å². The summed E-state index contributed by atoms with van der Waals surface area (Å²) in [6, 6.07) is 50.6. The highest BCUT2D eigenvalue weighted by Gasteiger charge is 2.14. The Morgan fingerprint density at radius 3 is 1.63 bits per heavy atom. The number of fused-ring (bicyclic) bond motifs is 5. The van der Waals surface area contributed by atoms with Crippen molar-refractivity contribution in [2.45, 2.75) is 0 Å². The summed E-state index contributed by atoms with van der Waals surface area (Å²) in [5.74, 6) is 1.01. The van der Waals surface area contributed by atoms with Gasteiger partial charge in [0.25, 0.3) is 0 Å². The lowest BCUT2D eigenvalue weighted by atomic mass is 9.96. The maximum absolute atomic E-state index is 6.45. The Balaban J connectivity index is 1.05. The first-order valence-corrected chi connectivity index (χ1v) is 15.5. The van der Waals surface area contributed by atoms with Crippen molar-refractivity contribution in [2.24, 2.45) is 0 Å². The summed E-state index contributed by atoms with van der Waals surface area (Å²) in [5.41, 5.74) is 7.90. The molecule has 0 amide bonds. The average Bonchev–Trinajstić information content (AvgIpc) is 3.49. The zero-order valence-corrected chi connectivity index (χ0v) is 25.2. The molecule has 216 valence electrons. The van der Waals surface area contributed by atoms with Crippen LogP contribution in [0.25, 0.3) is 88.5 Å². The third-order valence-electron chi connectivity index (χ3n) is 8.62. The number of aromatic nitrogens is 3. The maximum atomic E-state index is 6.45. The Labute approximate surface area is 269 Å². The molecule has 0 aliphatic carbocycles. The van der Waals surface area contributed by atoms with Gasteiger partial charge >= 0.3 is 0 Å². The molecular weight excluding hydrogens is 586 g/mol. The van der Waals surface area contributed by atoms with E-state index in [1.165, 1.54) is 32.7 Å². The molecular formula is C41H24ClN3O. The van der Waals surface area contributed by atoms with Crippen molar-refractivity contribution in [3.05, 3.63) is 151 Å². The molecule has 0 aliphatic rings. The van der Waals surface area contributed by atoms with Crippen molar-refractivity contribution in [1.82, 2.24) is 15.0 Å². The van der Waals surface area contributed by atoms with Crippen LogP contribution in [0, 0.1) is 0 Å². The molecule has 9 aromatic rings. The molecule has 5 heteroatoms. The lowest BCUT2D eigenvalue weighted by Gasteiger charge is -2.10. The number of halogens is 1. The zero-order chi connectivity index (χ0) is 30.6. The lowest BCUT2D eigenvalue weighted by Crippen LogP contribution is -1.97. The maximum Gasteiger partial charge on any atom is 0.226 e. The SMILES string of the molecule is Clc1nc(-c2cccc(-c3ccc4cc(-c5ccc6ccccc6c5)ccc4c3)c2)nc(-c2ccc3c(c2)oc2ccccc23)n1. The van der Waals surface area contributed by atoms with E-state index in [9.17, 15) is 0 Å².